The molecule has 0 spiro atoms. The molecule has 0 saturated heterocycles. The number of carbonyl (C=O) groups excluding carboxylic acids is 1. The summed E-state index contributed by atoms with van der Waals surface area (Å²) in [5.41, 5.74) is 0.886. The highest BCUT2D eigenvalue weighted by atomic mass is 32.1. The molecule has 7 nitrogen and oxygen atoms in total. The number of carbonyl (C=O) groups is 1. The van der Waals surface area contributed by atoms with Crippen molar-refractivity contribution in [2.75, 3.05) is 5.32 Å². The number of amides is 1. The van der Waals surface area contributed by atoms with Gasteiger partial charge in [0.05, 0.1) is 16.0 Å². The van der Waals surface area contributed by atoms with E-state index < -0.39 is 5.91 Å². The van der Waals surface area contributed by atoms with Gasteiger partial charge in [-0.15, -0.1) is 11.3 Å². The molecule has 8 heteroatoms. The van der Waals surface area contributed by atoms with E-state index in [0.29, 0.717) is 23.1 Å². The number of H-pyrrole nitrogens is 1. The molecule has 0 bridgehead atoms. The summed E-state index contributed by atoms with van der Waals surface area (Å²) in [6, 6.07) is 12.9. The summed E-state index contributed by atoms with van der Waals surface area (Å²) in [5, 5.41) is 15.4. The number of aryl methyl sites for hydroxylation is 2. The van der Waals surface area contributed by atoms with Crippen molar-refractivity contribution in [3.8, 4) is 10.6 Å². The van der Waals surface area contributed by atoms with Crippen molar-refractivity contribution in [1.29, 1.82) is 0 Å². The molecule has 0 atom stereocenters. The summed E-state index contributed by atoms with van der Waals surface area (Å²) in [6.45, 7) is 4.63. The first kappa shape index (κ1) is 20.0. The van der Waals surface area contributed by atoms with Crippen molar-refractivity contribution in [1.82, 2.24) is 20.0 Å². The molecule has 1 aromatic carbocycles. The molecule has 4 rings (SSSR count). The maximum Gasteiger partial charge on any atom is 0.277 e. The molecule has 0 unspecified atom stereocenters. The fourth-order valence-corrected chi connectivity index (χ4v) is 4.17. The van der Waals surface area contributed by atoms with Crippen molar-refractivity contribution >= 4 is 33.8 Å². The summed E-state index contributed by atoms with van der Waals surface area (Å²) >= 11 is 1.65. The largest absolute Gasteiger partial charge is 0.304 e. The predicted molar refractivity (Wildman–Crippen MR) is 120 cm³/mol. The van der Waals surface area contributed by atoms with Crippen molar-refractivity contribution in [3.05, 3.63) is 63.4 Å². The number of nitrogens with one attached hydrogen (secondary N) is 2. The average Bonchev–Trinajstić information content (AvgIpc) is 3.38. The van der Waals surface area contributed by atoms with Crippen molar-refractivity contribution in [2.24, 2.45) is 0 Å². The second-order valence-corrected chi connectivity index (χ2v) is 8.45. The van der Waals surface area contributed by atoms with Crippen LogP contribution in [0.1, 0.15) is 41.6 Å². The summed E-state index contributed by atoms with van der Waals surface area (Å²) in [7, 11) is 0. The highest BCUT2D eigenvalue weighted by Crippen LogP contribution is 2.27. The molecule has 0 aliphatic heterocycles. The number of fused-ring (bicyclic) bond motifs is 1. The number of hydrogen-bond donors (Lipinski definition) is 2. The molecule has 0 aliphatic rings. The van der Waals surface area contributed by atoms with Crippen LogP contribution in [-0.2, 0) is 6.54 Å². The number of aromatic amines is 1. The van der Waals surface area contributed by atoms with Gasteiger partial charge in [-0.1, -0.05) is 38.0 Å². The van der Waals surface area contributed by atoms with Gasteiger partial charge in [0.1, 0.15) is 0 Å². The third-order valence-electron chi connectivity index (χ3n) is 4.88. The van der Waals surface area contributed by atoms with Crippen LogP contribution in [0.3, 0.4) is 0 Å². The Morgan fingerprint density at radius 3 is 2.70 bits per heavy atom. The number of rotatable bonds is 7. The highest BCUT2D eigenvalue weighted by Gasteiger charge is 2.18. The summed E-state index contributed by atoms with van der Waals surface area (Å²) in [6.07, 6.45) is 2.88. The van der Waals surface area contributed by atoms with Crippen LogP contribution in [-0.4, -0.2) is 25.9 Å². The Hall–Kier alpha value is -3.26. The molecular formula is C22H23N5O2S. The number of aromatic nitrogens is 4. The zero-order valence-corrected chi connectivity index (χ0v) is 17.8. The highest BCUT2D eigenvalue weighted by molar-refractivity contribution is 7.15. The van der Waals surface area contributed by atoms with Gasteiger partial charge in [-0.05, 0) is 31.5 Å². The van der Waals surface area contributed by atoms with Crippen LogP contribution in [0, 0.1) is 6.92 Å². The number of hydrogen-bond acceptors (Lipinski definition) is 5. The maximum atomic E-state index is 13.0. The Kier molecular flexibility index (Phi) is 5.76. The van der Waals surface area contributed by atoms with E-state index in [4.69, 9.17) is 0 Å². The molecule has 0 saturated carbocycles. The van der Waals surface area contributed by atoms with Gasteiger partial charge >= 0.3 is 0 Å². The minimum Gasteiger partial charge on any atom is -0.304 e. The van der Waals surface area contributed by atoms with Crippen molar-refractivity contribution in [3.63, 3.8) is 0 Å². The SMILES string of the molecule is CCCCCn1nc(C(=O)Nc2cc(-c3ccc(C)s3)[nH]n2)c2ccccc2c1=O. The van der Waals surface area contributed by atoms with Crippen molar-refractivity contribution in [2.45, 2.75) is 39.7 Å². The van der Waals surface area contributed by atoms with Gasteiger partial charge in [0, 0.05) is 22.9 Å². The average molecular weight is 422 g/mol. The quantitative estimate of drug-likeness (QED) is 0.427. The second kappa shape index (κ2) is 8.62. The molecule has 2 N–H and O–H groups in total. The smallest absolute Gasteiger partial charge is 0.277 e. The van der Waals surface area contributed by atoms with Crippen molar-refractivity contribution < 1.29 is 4.79 Å². The van der Waals surface area contributed by atoms with E-state index in [-0.39, 0.29) is 11.3 Å². The van der Waals surface area contributed by atoms with Crippen LogP contribution in [0.5, 0.6) is 0 Å². The third kappa shape index (κ3) is 4.04. The minimum atomic E-state index is -0.393. The van der Waals surface area contributed by atoms with Crippen LogP contribution < -0.4 is 10.9 Å². The van der Waals surface area contributed by atoms with E-state index in [1.54, 1.807) is 41.7 Å². The molecule has 3 heterocycles. The summed E-state index contributed by atoms with van der Waals surface area (Å²) < 4.78 is 1.40. The molecule has 30 heavy (non-hydrogen) atoms. The third-order valence-corrected chi connectivity index (χ3v) is 5.92. The molecule has 154 valence electrons. The fraction of sp³-hybridized carbons (Fsp3) is 0.273. The Morgan fingerprint density at radius 2 is 1.97 bits per heavy atom. The first-order valence-corrected chi connectivity index (χ1v) is 10.8. The van der Waals surface area contributed by atoms with E-state index >= 15 is 0 Å². The lowest BCUT2D eigenvalue weighted by Crippen LogP contribution is -2.27. The van der Waals surface area contributed by atoms with E-state index in [9.17, 15) is 9.59 Å². The van der Waals surface area contributed by atoms with Gasteiger partial charge < -0.3 is 5.32 Å². The Morgan fingerprint density at radius 1 is 1.17 bits per heavy atom. The maximum absolute atomic E-state index is 13.0. The minimum absolute atomic E-state index is 0.173. The Labute approximate surface area is 177 Å². The fourth-order valence-electron chi connectivity index (χ4n) is 3.33. The van der Waals surface area contributed by atoms with Gasteiger partial charge in [0.2, 0.25) is 0 Å². The van der Waals surface area contributed by atoms with Gasteiger partial charge in [-0.2, -0.15) is 10.2 Å². The predicted octanol–water partition coefficient (Wildman–Crippen LogP) is 4.60. The molecule has 0 radical (unpaired) electrons. The molecule has 1 amide bonds. The Bertz CT molecular complexity index is 1250. The number of unbranched alkanes of at least 4 members (excludes halogenated alkanes) is 2. The first-order chi connectivity index (χ1) is 14.6. The topological polar surface area (TPSA) is 92.7 Å². The number of nitrogens with zero attached hydrogens (tertiary/aromatic N) is 3. The van der Waals surface area contributed by atoms with E-state index in [1.807, 2.05) is 19.1 Å². The van der Waals surface area contributed by atoms with E-state index in [0.717, 1.165) is 29.8 Å². The van der Waals surface area contributed by atoms with Crippen LogP contribution in [0.25, 0.3) is 21.3 Å². The number of benzene rings is 1. The molecule has 0 aliphatic carbocycles. The van der Waals surface area contributed by atoms with Gasteiger partial charge in [-0.25, -0.2) is 4.68 Å². The zero-order chi connectivity index (χ0) is 21.1. The van der Waals surface area contributed by atoms with Gasteiger partial charge in [0.15, 0.2) is 11.5 Å². The van der Waals surface area contributed by atoms with E-state index in [2.05, 4.69) is 27.5 Å². The second-order valence-electron chi connectivity index (χ2n) is 7.16. The molecule has 3 aromatic heterocycles. The number of thiophene rings is 1. The van der Waals surface area contributed by atoms with Crippen LogP contribution >= 0.6 is 11.3 Å². The summed E-state index contributed by atoms with van der Waals surface area (Å²) in [5.74, 6) is 0.0199. The van der Waals surface area contributed by atoms with Crippen LogP contribution in [0.4, 0.5) is 5.82 Å². The molecular weight excluding hydrogens is 398 g/mol. The molecule has 0 fully saturated rings. The van der Waals surface area contributed by atoms with Crippen LogP contribution in [0.15, 0.2) is 47.3 Å². The lowest BCUT2D eigenvalue weighted by atomic mass is 10.1. The lowest BCUT2D eigenvalue weighted by molar-refractivity contribution is 0.102. The first-order valence-electron chi connectivity index (χ1n) is 10.00. The Balaban J connectivity index is 1.65. The monoisotopic (exact) mass is 421 g/mol. The van der Waals surface area contributed by atoms with E-state index in [1.165, 1.54) is 9.56 Å². The normalized spacial score (nSPS) is 11.1. The zero-order valence-electron chi connectivity index (χ0n) is 16.9. The van der Waals surface area contributed by atoms with Crippen LogP contribution in [0.2, 0.25) is 0 Å². The lowest BCUT2D eigenvalue weighted by Gasteiger charge is -2.10. The summed E-state index contributed by atoms with van der Waals surface area (Å²) in [4.78, 5) is 28.1. The molecule has 4 aromatic rings. The standard InChI is InChI=1S/C22H23N5O2S/c1-3-4-7-12-27-22(29)16-9-6-5-8-15(16)20(26-27)21(28)23-19-13-17(24-25-19)18-11-10-14(2)30-18/h5-6,8-11,13H,3-4,7,12H2,1-2H3,(H2,23,24,25,28). The van der Waals surface area contributed by atoms with Gasteiger partial charge in [-0.3, -0.25) is 14.7 Å². The van der Waals surface area contributed by atoms with Gasteiger partial charge in [0.25, 0.3) is 11.5 Å². The number of anilines is 1.